The molecule has 0 heterocycles. The number of rotatable bonds is 7. The second kappa shape index (κ2) is 5.63. The fourth-order valence-corrected chi connectivity index (χ4v) is 3.27. The number of sulfonamides is 1. The minimum absolute atomic E-state index is 0.289. The first kappa shape index (κ1) is 13.4. The molecule has 0 amide bonds. The Morgan fingerprint density at radius 1 is 1.44 bits per heavy atom. The van der Waals surface area contributed by atoms with Crippen LogP contribution < -0.4 is 0 Å². The minimum atomic E-state index is -3.39. The zero-order chi connectivity index (χ0) is 12.2. The molecule has 1 aliphatic rings. The van der Waals surface area contributed by atoms with E-state index in [9.17, 15) is 13.2 Å². The predicted octanol–water partition coefficient (Wildman–Crippen LogP) is 0.913. The van der Waals surface area contributed by atoms with E-state index in [0.29, 0.717) is 19.0 Å². The van der Waals surface area contributed by atoms with Crippen LogP contribution in [0.3, 0.4) is 0 Å². The number of carbonyl (C=O) groups is 1. The van der Waals surface area contributed by atoms with Crippen molar-refractivity contribution >= 4 is 16.0 Å². The molecular weight excluding hydrogens is 230 g/mol. The Morgan fingerprint density at radius 3 is 2.44 bits per heavy atom. The third-order valence-electron chi connectivity index (χ3n) is 3.01. The smallest absolute Gasteiger partial charge is 0.304 e. The second-order valence-corrected chi connectivity index (χ2v) is 6.30. The van der Waals surface area contributed by atoms with Crippen LogP contribution >= 0.6 is 0 Å². The van der Waals surface area contributed by atoms with E-state index in [0.717, 1.165) is 12.8 Å². The number of nitrogens with zero attached hydrogens (tertiary/aromatic N) is 1. The van der Waals surface area contributed by atoms with Crippen molar-refractivity contribution in [1.29, 1.82) is 0 Å². The van der Waals surface area contributed by atoms with Gasteiger partial charge in [-0.15, -0.1) is 0 Å². The molecule has 1 aliphatic carbocycles. The molecule has 0 radical (unpaired) electrons. The molecule has 5 nitrogen and oxygen atoms in total. The summed E-state index contributed by atoms with van der Waals surface area (Å²) in [4.78, 5) is 10.4. The van der Waals surface area contributed by atoms with Gasteiger partial charge in [-0.3, -0.25) is 4.79 Å². The van der Waals surface area contributed by atoms with E-state index in [1.165, 1.54) is 10.7 Å². The maximum atomic E-state index is 11.8. The summed E-state index contributed by atoms with van der Waals surface area (Å²) in [6, 6.07) is 0. The molecule has 6 heteroatoms. The van der Waals surface area contributed by atoms with Gasteiger partial charge in [0.25, 0.3) is 0 Å². The van der Waals surface area contributed by atoms with E-state index in [4.69, 9.17) is 5.11 Å². The van der Waals surface area contributed by atoms with Crippen LogP contribution in [-0.2, 0) is 14.8 Å². The molecule has 94 valence electrons. The lowest BCUT2D eigenvalue weighted by molar-refractivity contribution is -0.136. The third-order valence-corrected chi connectivity index (χ3v) is 4.92. The molecule has 0 spiro atoms. The van der Waals surface area contributed by atoms with Crippen molar-refractivity contribution in [2.24, 2.45) is 5.92 Å². The fourth-order valence-electron chi connectivity index (χ4n) is 1.75. The summed E-state index contributed by atoms with van der Waals surface area (Å²) in [5.74, 6) is -0.883. The Hall–Kier alpha value is -0.620. The summed E-state index contributed by atoms with van der Waals surface area (Å²) in [7, 11) is -3.39. The first-order valence-corrected chi connectivity index (χ1v) is 7.26. The van der Waals surface area contributed by atoms with Gasteiger partial charge in [0, 0.05) is 13.1 Å². The molecule has 0 aromatic heterocycles. The Morgan fingerprint density at radius 2 is 2.06 bits per heavy atom. The predicted molar refractivity (Wildman–Crippen MR) is 60.6 cm³/mol. The summed E-state index contributed by atoms with van der Waals surface area (Å²) in [5.41, 5.74) is 0. The van der Waals surface area contributed by atoms with E-state index in [1.54, 1.807) is 6.92 Å². The van der Waals surface area contributed by atoms with Crippen LogP contribution in [-0.4, -0.2) is 42.6 Å². The molecule has 1 saturated carbocycles. The van der Waals surface area contributed by atoms with Crippen molar-refractivity contribution < 1.29 is 18.3 Å². The zero-order valence-electron chi connectivity index (χ0n) is 9.55. The van der Waals surface area contributed by atoms with E-state index >= 15 is 0 Å². The fraction of sp³-hybridized carbons (Fsp3) is 0.900. The lowest BCUT2D eigenvalue weighted by atomic mass is 9.85. The van der Waals surface area contributed by atoms with Gasteiger partial charge in [0.1, 0.15) is 0 Å². The SMILES string of the molecule is CCN(CC1CCC1)S(=O)(=O)CCC(=O)O. The van der Waals surface area contributed by atoms with Crippen LogP contribution in [0.4, 0.5) is 0 Å². The van der Waals surface area contributed by atoms with Gasteiger partial charge in [0.05, 0.1) is 12.2 Å². The summed E-state index contributed by atoms with van der Waals surface area (Å²) in [6.07, 6.45) is 3.04. The van der Waals surface area contributed by atoms with E-state index in [1.807, 2.05) is 0 Å². The van der Waals surface area contributed by atoms with Crippen molar-refractivity contribution in [2.75, 3.05) is 18.8 Å². The third kappa shape index (κ3) is 3.75. The summed E-state index contributed by atoms with van der Waals surface area (Å²) < 4.78 is 25.0. The van der Waals surface area contributed by atoms with Crippen molar-refractivity contribution in [2.45, 2.75) is 32.6 Å². The highest BCUT2D eigenvalue weighted by molar-refractivity contribution is 7.89. The molecule has 0 saturated heterocycles. The quantitative estimate of drug-likeness (QED) is 0.728. The highest BCUT2D eigenvalue weighted by Gasteiger charge is 2.27. The first-order chi connectivity index (χ1) is 7.45. The second-order valence-electron chi connectivity index (χ2n) is 4.21. The van der Waals surface area contributed by atoms with Crippen molar-refractivity contribution in [3.8, 4) is 0 Å². The molecule has 0 atom stereocenters. The molecule has 0 aliphatic heterocycles. The van der Waals surface area contributed by atoms with Crippen LogP contribution in [0.25, 0.3) is 0 Å². The highest BCUT2D eigenvalue weighted by Crippen LogP contribution is 2.27. The average molecular weight is 249 g/mol. The molecule has 0 aromatic rings. The van der Waals surface area contributed by atoms with Gasteiger partial charge in [-0.05, 0) is 18.8 Å². The van der Waals surface area contributed by atoms with Crippen LogP contribution in [0.15, 0.2) is 0 Å². The van der Waals surface area contributed by atoms with E-state index in [2.05, 4.69) is 0 Å². The maximum Gasteiger partial charge on any atom is 0.304 e. The van der Waals surface area contributed by atoms with Gasteiger partial charge in [-0.2, -0.15) is 0 Å². The topological polar surface area (TPSA) is 74.7 Å². The van der Waals surface area contributed by atoms with E-state index < -0.39 is 16.0 Å². The van der Waals surface area contributed by atoms with Gasteiger partial charge < -0.3 is 5.11 Å². The normalized spacial score (nSPS) is 17.4. The van der Waals surface area contributed by atoms with Crippen molar-refractivity contribution in [3.05, 3.63) is 0 Å². The average Bonchev–Trinajstić information content (AvgIpc) is 2.13. The molecule has 0 aromatic carbocycles. The number of aliphatic carboxylic acids is 1. The molecule has 0 bridgehead atoms. The lowest BCUT2D eigenvalue weighted by Gasteiger charge is -2.31. The molecule has 16 heavy (non-hydrogen) atoms. The summed E-state index contributed by atoms with van der Waals surface area (Å²) in [5, 5.41) is 8.49. The monoisotopic (exact) mass is 249 g/mol. The largest absolute Gasteiger partial charge is 0.481 e. The highest BCUT2D eigenvalue weighted by atomic mass is 32.2. The van der Waals surface area contributed by atoms with Gasteiger partial charge in [-0.1, -0.05) is 13.3 Å². The Balaban J connectivity index is 2.51. The standard InChI is InChI=1S/C10H19NO4S/c1-2-11(8-9-4-3-5-9)16(14,15)7-6-10(12)13/h9H,2-8H2,1H3,(H,12,13). The summed E-state index contributed by atoms with van der Waals surface area (Å²) >= 11 is 0. The van der Waals surface area contributed by atoms with Gasteiger partial charge in [-0.25, -0.2) is 12.7 Å². The Kier molecular flexibility index (Phi) is 4.73. The Labute approximate surface area is 96.5 Å². The van der Waals surface area contributed by atoms with Crippen LogP contribution in [0.2, 0.25) is 0 Å². The molecule has 1 N–H and O–H groups in total. The molecule has 1 fully saturated rings. The van der Waals surface area contributed by atoms with Crippen molar-refractivity contribution in [3.63, 3.8) is 0 Å². The number of hydrogen-bond donors (Lipinski definition) is 1. The Bertz CT molecular complexity index is 335. The summed E-state index contributed by atoms with van der Waals surface area (Å²) in [6.45, 7) is 2.77. The maximum absolute atomic E-state index is 11.8. The number of carboxylic acid groups (broad SMARTS) is 1. The van der Waals surface area contributed by atoms with Gasteiger partial charge in [0.15, 0.2) is 0 Å². The van der Waals surface area contributed by atoms with Crippen LogP contribution in [0.1, 0.15) is 32.6 Å². The van der Waals surface area contributed by atoms with Gasteiger partial charge in [0.2, 0.25) is 10.0 Å². The van der Waals surface area contributed by atoms with Crippen LogP contribution in [0, 0.1) is 5.92 Å². The lowest BCUT2D eigenvalue weighted by Crippen LogP contribution is -2.38. The van der Waals surface area contributed by atoms with Crippen LogP contribution in [0.5, 0.6) is 0 Å². The van der Waals surface area contributed by atoms with Crippen molar-refractivity contribution in [1.82, 2.24) is 4.31 Å². The number of carboxylic acids is 1. The molecule has 0 unspecified atom stereocenters. The zero-order valence-corrected chi connectivity index (χ0v) is 10.4. The molecule has 1 rings (SSSR count). The van der Waals surface area contributed by atoms with E-state index in [-0.39, 0.29) is 12.2 Å². The minimum Gasteiger partial charge on any atom is -0.481 e. The number of hydrogen-bond acceptors (Lipinski definition) is 3. The molecular formula is C10H19NO4S. The van der Waals surface area contributed by atoms with Gasteiger partial charge >= 0.3 is 5.97 Å². The first-order valence-electron chi connectivity index (χ1n) is 5.65.